The molecule has 0 aliphatic heterocycles. The second kappa shape index (κ2) is 44.7. The van der Waals surface area contributed by atoms with Crippen LogP contribution in [0, 0.1) is 0 Å². The molecule has 0 aliphatic rings. The fourth-order valence-electron chi connectivity index (χ4n) is 8.07. The standard InChI is InChI=1S/C53H101NO7/c1-6-8-10-12-14-16-18-20-22-23-24-25-26-27-28-30-32-34-36-38-40-42-44-52(56)61-49(47-59-46-45-50(53(57)58)54(3,4)5)48-60-51(55)43-41-39-37-35-33-31-29-21-19-17-15-13-11-9-7-2/h17,19,49-50H,6-16,18,20-48H2,1-5H3/b19-17+. The van der Waals surface area contributed by atoms with E-state index in [-0.39, 0.29) is 42.7 Å². The minimum absolute atomic E-state index is 0.0457. The summed E-state index contributed by atoms with van der Waals surface area (Å²) in [5.41, 5.74) is 0. The third kappa shape index (κ3) is 43.1. The summed E-state index contributed by atoms with van der Waals surface area (Å²) in [7, 11) is 5.43. The van der Waals surface area contributed by atoms with E-state index >= 15 is 0 Å². The van der Waals surface area contributed by atoms with Gasteiger partial charge in [-0.25, -0.2) is 0 Å². The average molecular weight is 864 g/mol. The van der Waals surface area contributed by atoms with E-state index in [1.54, 1.807) is 0 Å². The van der Waals surface area contributed by atoms with Gasteiger partial charge in [-0.2, -0.15) is 0 Å². The zero-order chi connectivity index (χ0) is 44.9. The van der Waals surface area contributed by atoms with Crippen molar-refractivity contribution in [1.82, 2.24) is 0 Å². The predicted molar refractivity (Wildman–Crippen MR) is 254 cm³/mol. The molecule has 0 saturated heterocycles. The number of carbonyl (C=O) groups is 3. The predicted octanol–water partition coefficient (Wildman–Crippen LogP) is 13.7. The molecular formula is C53H101NO7. The molecule has 8 heteroatoms. The maximum atomic E-state index is 12.8. The molecule has 0 spiro atoms. The van der Waals surface area contributed by atoms with Crippen molar-refractivity contribution in [1.29, 1.82) is 0 Å². The van der Waals surface area contributed by atoms with E-state index in [0.29, 0.717) is 12.8 Å². The van der Waals surface area contributed by atoms with Crippen molar-refractivity contribution in [3.05, 3.63) is 12.2 Å². The molecule has 0 rings (SSSR count). The summed E-state index contributed by atoms with van der Waals surface area (Å²) in [6.07, 6.45) is 49.6. The number of quaternary nitrogens is 1. The number of hydrogen-bond donors (Lipinski definition) is 0. The summed E-state index contributed by atoms with van der Waals surface area (Å²) < 4.78 is 17.3. The topological polar surface area (TPSA) is 102 Å². The van der Waals surface area contributed by atoms with Crippen LogP contribution in [0.5, 0.6) is 0 Å². The summed E-state index contributed by atoms with van der Waals surface area (Å²) >= 11 is 0. The highest BCUT2D eigenvalue weighted by molar-refractivity contribution is 5.70. The van der Waals surface area contributed by atoms with Gasteiger partial charge in [0.15, 0.2) is 6.10 Å². The van der Waals surface area contributed by atoms with Crippen molar-refractivity contribution < 1.29 is 38.2 Å². The summed E-state index contributed by atoms with van der Waals surface area (Å²) in [6, 6.07) is -0.722. The minimum Gasteiger partial charge on any atom is -0.544 e. The fourth-order valence-corrected chi connectivity index (χ4v) is 8.07. The van der Waals surface area contributed by atoms with Gasteiger partial charge in [0.1, 0.15) is 12.6 Å². The molecule has 2 atom stereocenters. The lowest BCUT2D eigenvalue weighted by Crippen LogP contribution is -2.55. The van der Waals surface area contributed by atoms with Gasteiger partial charge in [-0.3, -0.25) is 9.59 Å². The molecule has 0 saturated carbocycles. The summed E-state index contributed by atoms with van der Waals surface area (Å²) in [5, 5.41) is 11.7. The fraction of sp³-hybridized carbons (Fsp3) is 0.906. The molecule has 0 aliphatic carbocycles. The van der Waals surface area contributed by atoms with Crippen molar-refractivity contribution in [2.24, 2.45) is 0 Å². The molecule has 2 unspecified atom stereocenters. The number of rotatable bonds is 48. The van der Waals surface area contributed by atoms with Crippen LogP contribution in [0.3, 0.4) is 0 Å². The highest BCUT2D eigenvalue weighted by Gasteiger charge is 2.25. The number of nitrogens with zero attached hydrogens (tertiary/aromatic N) is 1. The normalized spacial score (nSPS) is 12.9. The first kappa shape index (κ1) is 59.1. The lowest BCUT2D eigenvalue weighted by molar-refractivity contribution is -0.889. The quantitative estimate of drug-likeness (QED) is 0.0260. The Morgan fingerprint density at radius 2 is 0.820 bits per heavy atom. The van der Waals surface area contributed by atoms with Crippen molar-refractivity contribution in [3.63, 3.8) is 0 Å². The monoisotopic (exact) mass is 864 g/mol. The summed E-state index contributed by atoms with van der Waals surface area (Å²) in [5.74, 6) is -1.72. The highest BCUT2D eigenvalue weighted by Crippen LogP contribution is 2.17. The lowest BCUT2D eigenvalue weighted by atomic mass is 10.0. The number of ether oxygens (including phenoxy) is 3. The molecule has 61 heavy (non-hydrogen) atoms. The zero-order valence-corrected chi connectivity index (χ0v) is 41.1. The number of hydrogen-bond acceptors (Lipinski definition) is 7. The Hall–Kier alpha value is -1.93. The third-order valence-corrected chi connectivity index (χ3v) is 12.2. The van der Waals surface area contributed by atoms with Crippen molar-refractivity contribution >= 4 is 17.9 Å². The Morgan fingerprint density at radius 1 is 0.475 bits per heavy atom. The number of unbranched alkanes of at least 4 members (excludes halogenated alkanes) is 32. The molecular weight excluding hydrogens is 763 g/mol. The van der Waals surface area contributed by atoms with Gasteiger partial charge in [-0.1, -0.05) is 212 Å². The number of carbonyl (C=O) groups excluding carboxylic acids is 3. The van der Waals surface area contributed by atoms with Crippen LogP contribution < -0.4 is 5.11 Å². The van der Waals surface area contributed by atoms with Crippen LogP contribution in [-0.4, -0.2) is 75.5 Å². The van der Waals surface area contributed by atoms with Crippen molar-refractivity contribution in [3.8, 4) is 0 Å². The highest BCUT2D eigenvalue weighted by atomic mass is 16.6. The van der Waals surface area contributed by atoms with Crippen LogP contribution in [0.1, 0.15) is 258 Å². The molecule has 0 radical (unpaired) electrons. The van der Waals surface area contributed by atoms with E-state index in [1.807, 2.05) is 21.1 Å². The number of likely N-dealkylation sites (N-methyl/N-ethyl adjacent to an activating group) is 1. The van der Waals surface area contributed by atoms with Crippen LogP contribution in [0.2, 0.25) is 0 Å². The number of carboxylic acids is 1. The smallest absolute Gasteiger partial charge is 0.306 e. The van der Waals surface area contributed by atoms with Gasteiger partial charge < -0.3 is 28.6 Å². The molecule has 0 bridgehead atoms. The second-order valence-corrected chi connectivity index (χ2v) is 19.1. The molecule has 360 valence electrons. The molecule has 0 amide bonds. The first-order chi connectivity index (χ1) is 29.6. The summed E-state index contributed by atoms with van der Waals surface area (Å²) in [4.78, 5) is 37.0. The molecule has 0 heterocycles. The van der Waals surface area contributed by atoms with Crippen LogP contribution >= 0.6 is 0 Å². The number of allylic oxidation sites excluding steroid dienone is 2. The Kier molecular flexibility index (Phi) is 43.3. The molecule has 0 aromatic rings. The molecule has 8 nitrogen and oxygen atoms in total. The van der Waals surface area contributed by atoms with Crippen molar-refractivity contribution in [2.75, 3.05) is 41.0 Å². The van der Waals surface area contributed by atoms with Crippen LogP contribution in [0.4, 0.5) is 0 Å². The molecule has 0 aromatic carbocycles. The van der Waals surface area contributed by atoms with Crippen LogP contribution in [-0.2, 0) is 28.6 Å². The van der Waals surface area contributed by atoms with Gasteiger partial charge in [0.2, 0.25) is 0 Å². The Bertz CT molecular complexity index is 1010. The van der Waals surface area contributed by atoms with Crippen LogP contribution in [0.15, 0.2) is 12.2 Å². The minimum atomic E-state index is -1.12. The van der Waals surface area contributed by atoms with E-state index in [4.69, 9.17) is 14.2 Å². The largest absolute Gasteiger partial charge is 0.544 e. The lowest BCUT2D eigenvalue weighted by Gasteiger charge is -2.34. The summed E-state index contributed by atoms with van der Waals surface area (Å²) in [6.45, 7) is 4.69. The maximum absolute atomic E-state index is 12.8. The van der Waals surface area contributed by atoms with Gasteiger partial charge in [0, 0.05) is 19.3 Å². The van der Waals surface area contributed by atoms with E-state index in [2.05, 4.69) is 26.0 Å². The van der Waals surface area contributed by atoms with Gasteiger partial charge in [-0.05, 0) is 38.5 Å². The maximum Gasteiger partial charge on any atom is 0.306 e. The Balaban J connectivity index is 4.17. The van der Waals surface area contributed by atoms with Gasteiger partial charge in [-0.15, -0.1) is 0 Å². The Labute approximate surface area is 378 Å². The zero-order valence-electron chi connectivity index (χ0n) is 41.1. The van der Waals surface area contributed by atoms with Gasteiger partial charge >= 0.3 is 11.9 Å². The van der Waals surface area contributed by atoms with Gasteiger partial charge in [0.25, 0.3) is 0 Å². The van der Waals surface area contributed by atoms with Gasteiger partial charge in [0.05, 0.1) is 40.3 Å². The first-order valence-electron chi connectivity index (χ1n) is 26.2. The van der Waals surface area contributed by atoms with Crippen LogP contribution in [0.25, 0.3) is 0 Å². The van der Waals surface area contributed by atoms with Crippen molar-refractivity contribution in [2.45, 2.75) is 270 Å². The number of aliphatic carboxylic acids is 1. The molecule has 0 fully saturated rings. The van der Waals surface area contributed by atoms with E-state index in [0.717, 1.165) is 38.5 Å². The number of carboxylic acid groups (broad SMARTS) is 1. The van der Waals surface area contributed by atoms with E-state index < -0.39 is 18.1 Å². The SMILES string of the molecule is CCCCCC/C=C/CCCCCCCCCC(=O)OCC(COCCC(C(=O)[O-])[N+](C)(C)C)OC(=O)CCCCCCCCCCCCCCCCCCCCCCCC. The average Bonchev–Trinajstić information content (AvgIpc) is 3.22. The molecule has 0 N–H and O–H groups in total. The third-order valence-electron chi connectivity index (χ3n) is 12.2. The second-order valence-electron chi connectivity index (χ2n) is 19.1. The number of esters is 2. The Morgan fingerprint density at radius 3 is 1.20 bits per heavy atom. The first-order valence-corrected chi connectivity index (χ1v) is 26.2. The van der Waals surface area contributed by atoms with E-state index in [9.17, 15) is 19.5 Å². The van der Waals surface area contributed by atoms with E-state index in [1.165, 1.54) is 186 Å². The molecule has 0 aromatic heterocycles.